The molecule has 2 aliphatic heterocycles. The van der Waals surface area contributed by atoms with Gasteiger partial charge in [0.1, 0.15) is 4.90 Å². The number of esters is 2. The molecule has 0 radical (unpaired) electrons. The second kappa shape index (κ2) is 20.6. The molecular formula is C34H43ClN2O9S3. The van der Waals surface area contributed by atoms with Crippen molar-refractivity contribution in [1.82, 2.24) is 5.32 Å². The highest BCUT2D eigenvalue weighted by Gasteiger charge is 2.39. The molecule has 2 heterocycles. The fraction of sp³-hybridized carbons (Fsp3) is 0.441. The van der Waals surface area contributed by atoms with Crippen LogP contribution in [0.5, 0.6) is 0 Å². The highest BCUT2D eigenvalue weighted by molar-refractivity contribution is 8.77. The predicted molar refractivity (Wildman–Crippen MR) is 192 cm³/mol. The minimum Gasteiger partial charge on any atom is -0.466 e. The average Bonchev–Trinajstić information content (AvgIpc) is 3.61. The Hall–Kier alpha value is -3.01. The van der Waals surface area contributed by atoms with Gasteiger partial charge in [0, 0.05) is 34.7 Å². The molecule has 2 unspecified atom stereocenters. The molecule has 1 fully saturated rings. The fourth-order valence-electron chi connectivity index (χ4n) is 5.12. The Morgan fingerprint density at radius 1 is 1.02 bits per heavy atom. The Balaban J connectivity index is 0.000000276. The number of rotatable bonds is 15. The Morgan fingerprint density at radius 2 is 1.73 bits per heavy atom. The minimum atomic E-state index is -3.97. The molecule has 2 aromatic carbocycles. The fourth-order valence-corrected chi connectivity index (χ4v) is 9.31. The third kappa shape index (κ3) is 12.1. The molecule has 0 aliphatic carbocycles. The first-order valence-electron chi connectivity index (χ1n) is 15.8. The van der Waals surface area contributed by atoms with E-state index in [1.165, 1.54) is 31.4 Å². The van der Waals surface area contributed by atoms with E-state index in [0.717, 1.165) is 12.8 Å². The highest BCUT2D eigenvalue weighted by atomic mass is 35.5. The molecule has 0 saturated carbocycles. The number of allylic oxidation sites excluding steroid dienone is 1. The Kier molecular flexibility index (Phi) is 17.0. The van der Waals surface area contributed by atoms with Crippen LogP contribution in [0.4, 0.5) is 0 Å². The van der Waals surface area contributed by atoms with Crippen LogP contribution in [-0.4, -0.2) is 70.8 Å². The first kappa shape index (κ1) is 40.4. The molecule has 4 rings (SSSR count). The molecule has 0 aromatic heterocycles. The molecule has 11 nitrogen and oxygen atoms in total. The molecule has 2 aromatic rings. The van der Waals surface area contributed by atoms with Crippen molar-refractivity contribution in [2.75, 3.05) is 39.2 Å². The zero-order chi connectivity index (χ0) is 35.8. The van der Waals surface area contributed by atoms with Crippen LogP contribution in [0.25, 0.3) is 0 Å². The van der Waals surface area contributed by atoms with Gasteiger partial charge in [-0.25, -0.2) is 9.59 Å². The summed E-state index contributed by atoms with van der Waals surface area (Å²) >= 11 is 6.42. The van der Waals surface area contributed by atoms with Gasteiger partial charge >= 0.3 is 28.0 Å². The topological polar surface area (TPSA) is 160 Å². The van der Waals surface area contributed by atoms with Crippen LogP contribution in [-0.2, 0) is 42.9 Å². The van der Waals surface area contributed by atoms with Crippen LogP contribution in [0.15, 0.2) is 82.0 Å². The van der Waals surface area contributed by atoms with Gasteiger partial charge in [-0.3, -0.25) is 4.79 Å². The molecular weight excluding hydrogens is 712 g/mol. The highest BCUT2D eigenvalue weighted by Crippen LogP contribution is 2.42. The second-order valence-electron chi connectivity index (χ2n) is 10.9. The Labute approximate surface area is 301 Å². The van der Waals surface area contributed by atoms with Gasteiger partial charge in [0.2, 0.25) is 0 Å². The first-order valence-corrected chi connectivity index (χ1v) is 20.0. The number of unbranched alkanes of at least 4 members (excludes halogenated alkanes) is 1. The van der Waals surface area contributed by atoms with Crippen LogP contribution in [0.2, 0.25) is 5.02 Å². The van der Waals surface area contributed by atoms with Gasteiger partial charge < -0.3 is 29.4 Å². The predicted octanol–water partition coefficient (Wildman–Crippen LogP) is 5.90. The number of hydrogen-bond acceptors (Lipinski definition) is 13. The lowest BCUT2D eigenvalue weighted by atomic mass is 9.80. The van der Waals surface area contributed by atoms with Crippen molar-refractivity contribution in [2.45, 2.75) is 62.0 Å². The second-order valence-corrected chi connectivity index (χ2v) is 15.6. The molecule has 1 saturated heterocycles. The number of methoxy groups -OCH3 is 1. The quantitative estimate of drug-likeness (QED) is 0.0959. The maximum absolute atomic E-state index is 12.9. The van der Waals surface area contributed by atoms with Gasteiger partial charge in [0.05, 0.1) is 49.7 Å². The number of nitrogens with two attached hydrogens (primary N) is 1. The van der Waals surface area contributed by atoms with E-state index in [2.05, 4.69) is 9.50 Å². The van der Waals surface area contributed by atoms with Gasteiger partial charge in [0.15, 0.2) is 0 Å². The SMILES string of the molecule is CCOC(=O)C1=C(COCCN)NC(C)=C(C(=O)OC)C1c1ccccc1Cl.O=C(CCCCC1CCSS1)OS(=O)(=O)c1ccccc1. The molecule has 0 amide bonds. The van der Waals surface area contributed by atoms with E-state index in [-0.39, 0.29) is 30.1 Å². The third-order valence-corrected chi connectivity index (χ3v) is 12.0. The lowest BCUT2D eigenvalue weighted by Crippen LogP contribution is -2.35. The minimum absolute atomic E-state index is 0.0118. The van der Waals surface area contributed by atoms with Crippen molar-refractivity contribution in [3.8, 4) is 0 Å². The van der Waals surface area contributed by atoms with Crippen LogP contribution >= 0.6 is 33.2 Å². The zero-order valence-corrected chi connectivity index (χ0v) is 31.0. The van der Waals surface area contributed by atoms with E-state index in [1.54, 1.807) is 56.3 Å². The van der Waals surface area contributed by atoms with Crippen molar-refractivity contribution in [3.05, 3.63) is 87.7 Å². The molecule has 3 N–H and O–H groups in total. The number of nitrogens with one attached hydrogen (secondary N) is 1. The monoisotopic (exact) mass is 754 g/mol. The van der Waals surface area contributed by atoms with Crippen molar-refractivity contribution in [2.24, 2.45) is 5.73 Å². The molecule has 15 heteroatoms. The van der Waals surface area contributed by atoms with E-state index in [0.29, 0.717) is 52.4 Å². The molecule has 0 spiro atoms. The summed E-state index contributed by atoms with van der Waals surface area (Å²) in [7, 11) is 1.13. The van der Waals surface area contributed by atoms with Crippen LogP contribution in [0.3, 0.4) is 0 Å². The lowest BCUT2D eigenvalue weighted by Gasteiger charge is -2.31. The Bertz CT molecular complexity index is 1590. The Morgan fingerprint density at radius 3 is 2.37 bits per heavy atom. The number of ether oxygens (including phenoxy) is 3. The van der Waals surface area contributed by atoms with E-state index in [1.807, 2.05) is 21.6 Å². The van der Waals surface area contributed by atoms with E-state index in [9.17, 15) is 22.8 Å². The number of dihydropyridines is 1. The maximum atomic E-state index is 12.9. The zero-order valence-electron chi connectivity index (χ0n) is 27.8. The van der Waals surface area contributed by atoms with Gasteiger partial charge in [-0.1, -0.05) is 76.0 Å². The summed E-state index contributed by atoms with van der Waals surface area (Å²) in [6, 6.07) is 14.8. The lowest BCUT2D eigenvalue weighted by molar-refractivity contribution is -0.139. The number of halogens is 1. The third-order valence-electron chi connectivity index (χ3n) is 7.39. The van der Waals surface area contributed by atoms with Crippen molar-refractivity contribution < 1.29 is 41.2 Å². The number of hydrogen-bond donors (Lipinski definition) is 2. The smallest absolute Gasteiger partial charge is 0.341 e. The molecule has 2 aliphatic rings. The van der Waals surface area contributed by atoms with Crippen molar-refractivity contribution in [3.63, 3.8) is 0 Å². The summed E-state index contributed by atoms with van der Waals surface area (Å²) in [4.78, 5) is 37.1. The van der Waals surface area contributed by atoms with Gasteiger partial charge in [-0.05, 0) is 56.9 Å². The summed E-state index contributed by atoms with van der Waals surface area (Å²) in [6.45, 7) is 4.42. The van der Waals surface area contributed by atoms with E-state index < -0.39 is 33.9 Å². The van der Waals surface area contributed by atoms with Crippen LogP contribution in [0, 0.1) is 0 Å². The van der Waals surface area contributed by atoms with Crippen molar-refractivity contribution >= 4 is 61.2 Å². The van der Waals surface area contributed by atoms with Crippen LogP contribution < -0.4 is 11.1 Å². The van der Waals surface area contributed by atoms with Crippen molar-refractivity contribution in [1.29, 1.82) is 0 Å². The first-order chi connectivity index (χ1) is 23.5. The summed E-state index contributed by atoms with van der Waals surface area (Å²) in [6.07, 6.45) is 4.05. The molecule has 49 heavy (non-hydrogen) atoms. The normalized spacial score (nSPS) is 17.5. The molecule has 268 valence electrons. The largest absolute Gasteiger partial charge is 0.466 e. The standard InChI is InChI=1S/C20H25ClN2O5.C14H18O4S3/c1-4-28-20(25)18-15(11-27-10-9-22)23-12(2)16(19(24)26-3)17(18)13-7-5-6-8-14(13)21;15-14(9-5-4-6-12-10-11-19-20-12)18-21(16,17)13-7-2-1-3-8-13/h5-8,17,23H,4,9-11,22H2,1-3H3;1-3,7-8,12H,4-6,9-11H2. The number of carbonyl (C=O) groups excluding carboxylic acids is 3. The number of benzene rings is 2. The van der Waals surface area contributed by atoms with E-state index in [4.69, 9.17) is 31.5 Å². The van der Waals surface area contributed by atoms with Gasteiger partial charge in [-0.2, -0.15) is 8.42 Å². The summed E-state index contributed by atoms with van der Waals surface area (Å²) in [5, 5.41) is 4.20. The van der Waals surface area contributed by atoms with Gasteiger partial charge in [-0.15, -0.1) is 0 Å². The summed E-state index contributed by atoms with van der Waals surface area (Å²) in [5.41, 5.74) is 7.70. The van der Waals surface area contributed by atoms with E-state index >= 15 is 0 Å². The molecule has 2 atom stereocenters. The van der Waals surface area contributed by atoms with Gasteiger partial charge in [0.25, 0.3) is 0 Å². The maximum Gasteiger partial charge on any atom is 0.341 e. The molecule has 0 bridgehead atoms. The average molecular weight is 755 g/mol. The summed E-state index contributed by atoms with van der Waals surface area (Å²) in [5.74, 6) is -1.34. The van der Waals surface area contributed by atoms with Crippen LogP contribution in [0.1, 0.15) is 57.4 Å². The number of carbonyl (C=O) groups is 3. The summed E-state index contributed by atoms with van der Waals surface area (Å²) < 4.78 is 44.1.